The molecule has 1 N–H and O–H groups in total. The number of nitrogens with zero attached hydrogens (tertiary/aromatic N) is 1. The molecular weight excluding hydrogens is 437 g/mol. The molecule has 0 radical (unpaired) electrons. The monoisotopic (exact) mass is 458 g/mol. The number of carbonyl (C=O) groups excluding carboxylic acids is 1. The molecule has 0 aliphatic heterocycles. The van der Waals surface area contributed by atoms with Crippen molar-refractivity contribution in [2.24, 2.45) is 5.92 Å². The molecule has 32 heavy (non-hydrogen) atoms. The first-order valence-electron chi connectivity index (χ1n) is 10.4. The smallest absolute Gasteiger partial charge is 0.340 e. The average molecular weight is 459 g/mol. The Balaban J connectivity index is 1.94. The first-order chi connectivity index (χ1) is 15.2. The second-order valence-corrected chi connectivity index (χ2v) is 8.66. The van der Waals surface area contributed by atoms with E-state index in [-0.39, 0.29) is 23.8 Å². The third-order valence-electron chi connectivity index (χ3n) is 5.80. The van der Waals surface area contributed by atoms with Crippen LogP contribution in [0.15, 0.2) is 66.9 Å². The van der Waals surface area contributed by atoms with E-state index >= 15 is 0 Å². The van der Waals surface area contributed by atoms with Gasteiger partial charge in [0.15, 0.2) is 0 Å². The topological polar surface area (TPSA) is 42.0 Å². The molecule has 1 fully saturated rings. The van der Waals surface area contributed by atoms with Gasteiger partial charge in [0, 0.05) is 18.5 Å². The van der Waals surface area contributed by atoms with E-state index in [0.29, 0.717) is 16.3 Å². The van der Waals surface area contributed by atoms with Gasteiger partial charge in [-0.1, -0.05) is 54.1 Å². The van der Waals surface area contributed by atoms with Crippen molar-refractivity contribution < 1.29 is 18.0 Å². The molecule has 1 aliphatic rings. The predicted octanol–water partition coefficient (Wildman–Crippen LogP) is 6.07. The van der Waals surface area contributed by atoms with Crippen molar-refractivity contribution in [3.05, 3.63) is 99.8 Å². The largest absolute Gasteiger partial charge is 0.416 e. The van der Waals surface area contributed by atoms with Crippen LogP contribution in [0.3, 0.4) is 0 Å². The molecule has 4 rings (SSSR count). The van der Waals surface area contributed by atoms with Crippen LogP contribution in [0.4, 0.5) is 13.2 Å². The standard InChI is InChI=1S/C25H22ClF3N2O/c1-16-7-10-19(13-21(16)25(27,28)29)24(31-23(32)18-8-9-18,14-17-5-3-2-4-6-17)22-12-11-20(26)15-30-22/h2-7,10-13,15,18H,8-9,14H2,1H3,(H,31,32)/t24-/m0/s1. The predicted molar refractivity (Wildman–Crippen MR) is 117 cm³/mol. The summed E-state index contributed by atoms with van der Waals surface area (Å²) in [6.45, 7) is 1.43. The van der Waals surface area contributed by atoms with Gasteiger partial charge in [0.1, 0.15) is 5.54 Å². The summed E-state index contributed by atoms with van der Waals surface area (Å²) in [6, 6.07) is 16.8. The molecule has 0 saturated heterocycles. The minimum atomic E-state index is -4.52. The molecule has 0 unspecified atom stereocenters. The van der Waals surface area contributed by atoms with Crippen LogP contribution in [0, 0.1) is 12.8 Å². The first-order valence-corrected chi connectivity index (χ1v) is 10.7. The molecule has 0 spiro atoms. The van der Waals surface area contributed by atoms with Crippen LogP contribution < -0.4 is 5.32 Å². The van der Waals surface area contributed by atoms with E-state index in [4.69, 9.17) is 11.6 Å². The van der Waals surface area contributed by atoms with Gasteiger partial charge >= 0.3 is 6.18 Å². The number of hydrogen-bond acceptors (Lipinski definition) is 2. The van der Waals surface area contributed by atoms with Crippen LogP contribution in [-0.4, -0.2) is 10.9 Å². The molecule has 3 nitrogen and oxygen atoms in total. The van der Waals surface area contributed by atoms with E-state index in [9.17, 15) is 18.0 Å². The number of aromatic nitrogens is 1. The van der Waals surface area contributed by atoms with E-state index in [2.05, 4.69) is 10.3 Å². The Bertz CT molecular complexity index is 1110. The molecule has 1 atom stereocenters. The number of hydrogen-bond donors (Lipinski definition) is 1. The van der Waals surface area contributed by atoms with E-state index in [1.807, 2.05) is 30.3 Å². The first kappa shape index (κ1) is 22.3. The summed E-state index contributed by atoms with van der Waals surface area (Å²) in [5.74, 6) is -0.322. The van der Waals surface area contributed by atoms with Crippen molar-refractivity contribution in [1.29, 1.82) is 0 Å². The van der Waals surface area contributed by atoms with Crippen LogP contribution in [0.2, 0.25) is 5.02 Å². The van der Waals surface area contributed by atoms with Gasteiger partial charge in [-0.25, -0.2) is 0 Å². The molecule has 0 bridgehead atoms. The normalized spacial score (nSPS) is 15.8. The highest BCUT2D eigenvalue weighted by Crippen LogP contribution is 2.40. The molecule has 1 saturated carbocycles. The molecule has 166 valence electrons. The Morgan fingerprint density at radius 3 is 2.41 bits per heavy atom. The second-order valence-electron chi connectivity index (χ2n) is 8.22. The van der Waals surface area contributed by atoms with Crippen LogP contribution >= 0.6 is 11.6 Å². The zero-order valence-electron chi connectivity index (χ0n) is 17.4. The van der Waals surface area contributed by atoms with Crippen LogP contribution in [-0.2, 0) is 22.9 Å². The number of nitrogens with one attached hydrogen (secondary N) is 1. The third-order valence-corrected chi connectivity index (χ3v) is 6.02. The molecular formula is C25H22ClF3N2O. The Hall–Kier alpha value is -2.86. The Labute approximate surface area is 189 Å². The van der Waals surface area contributed by atoms with Crippen molar-refractivity contribution >= 4 is 17.5 Å². The highest BCUT2D eigenvalue weighted by atomic mass is 35.5. The van der Waals surface area contributed by atoms with Gasteiger partial charge in [-0.2, -0.15) is 13.2 Å². The summed E-state index contributed by atoms with van der Waals surface area (Å²) < 4.78 is 41.3. The van der Waals surface area contributed by atoms with E-state index in [1.165, 1.54) is 19.2 Å². The lowest BCUT2D eigenvalue weighted by atomic mass is 9.79. The van der Waals surface area contributed by atoms with Gasteiger partial charge in [-0.05, 0) is 54.7 Å². The lowest BCUT2D eigenvalue weighted by molar-refractivity contribution is -0.138. The molecule has 2 aromatic carbocycles. The minimum Gasteiger partial charge on any atom is -0.340 e. The Kier molecular flexibility index (Phi) is 5.99. The molecule has 1 heterocycles. The average Bonchev–Trinajstić information content (AvgIpc) is 3.59. The van der Waals surface area contributed by atoms with E-state index < -0.39 is 17.3 Å². The van der Waals surface area contributed by atoms with Gasteiger partial charge < -0.3 is 5.32 Å². The summed E-state index contributed by atoms with van der Waals surface area (Å²) in [4.78, 5) is 17.4. The number of carbonyl (C=O) groups is 1. The highest BCUT2D eigenvalue weighted by molar-refractivity contribution is 6.30. The molecule has 1 aliphatic carbocycles. The summed E-state index contributed by atoms with van der Waals surface area (Å²) in [7, 11) is 0. The number of halogens is 4. The summed E-state index contributed by atoms with van der Waals surface area (Å²) in [6.07, 6.45) is -1.31. The molecule has 3 aromatic rings. The van der Waals surface area contributed by atoms with Crippen molar-refractivity contribution in [1.82, 2.24) is 10.3 Å². The van der Waals surface area contributed by atoms with Crippen molar-refractivity contribution in [3.8, 4) is 0 Å². The quantitative estimate of drug-likeness (QED) is 0.486. The maximum atomic E-state index is 13.8. The maximum Gasteiger partial charge on any atom is 0.416 e. The zero-order chi connectivity index (χ0) is 22.9. The summed E-state index contributed by atoms with van der Waals surface area (Å²) in [5.41, 5.74) is -0.303. The zero-order valence-corrected chi connectivity index (χ0v) is 18.2. The fourth-order valence-corrected chi connectivity index (χ4v) is 4.01. The number of rotatable bonds is 6. The molecule has 1 amide bonds. The fourth-order valence-electron chi connectivity index (χ4n) is 3.90. The Morgan fingerprint density at radius 1 is 1.09 bits per heavy atom. The lowest BCUT2D eigenvalue weighted by Crippen LogP contribution is -2.49. The van der Waals surface area contributed by atoms with E-state index in [0.717, 1.165) is 24.5 Å². The number of amides is 1. The highest BCUT2D eigenvalue weighted by Gasteiger charge is 2.43. The van der Waals surface area contributed by atoms with Crippen molar-refractivity contribution in [2.75, 3.05) is 0 Å². The van der Waals surface area contributed by atoms with Crippen LogP contribution in [0.1, 0.15) is 40.8 Å². The third kappa shape index (κ3) is 4.65. The second kappa shape index (κ2) is 8.58. The van der Waals surface area contributed by atoms with E-state index in [1.54, 1.807) is 18.2 Å². The van der Waals surface area contributed by atoms with Crippen LogP contribution in [0.25, 0.3) is 0 Å². The molecule has 1 aromatic heterocycles. The number of alkyl halides is 3. The van der Waals surface area contributed by atoms with Crippen molar-refractivity contribution in [3.63, 3.8) is 0 Å². The molecule has 7 heteroatoms. The van der Waals surface area contributed by atoms with Gasteiger partial charge in [0.05, 0.1) is 16.3 Å². The SMILES string of the molecule is Cc1ccc([C@](Cc2ccccc2)(NC(=O)C2CC2)c2ccc(Cl)cn2)cc1C(F)(F)F. The van der Waals surface area contributed by atoms with Gasteiger partial charge in [-0.15, -0.1) is 0 Å². The van der Waals surface area contributed by atoms with Gasteiger partial charge in [-0.3, -0.25) is 9.78 Å². The minimum absolute atomic E-state index is 0.118. The number of benzene rings is 2. The number of aryl methyl sites for hydroxylation is 1. The summed E-state index contributed by atoms with van der Waals surface area (Å²) >= 11 is 6.04. The summed E-state index contributed by atoms with van der Waals surface area (Å²) in [5, 5.41) is 3.48. The van der Waals surface area contributed by atoms with Crippen molar-refractivity contribution in [2.45, 2.75) is 37.9 Å². The maximum absolute atomic E-state index is 13.8. The van der Waals surface area contributed by atoms with Crippen LogP contribution in [0.5, 0.6) is 0 Å². The number of pyridine rings is 1. The lowest BCUT2D eigenvalue weighted by Gasteiger charge is -2.36. The van der Waals surface area contributed by atoms with Gasteiger partial charge in [0.25, 0.3) is 0 Å². The Morgan fingerprint density at radius 2 is 1.81 bits per heavy atom. The van der Waals surface area contributed by atoms with Gasteiger partial charge in [0.2, 0.25) is 5.91 Å². The fraction of sp³-hybridized carbons (Fsp3) is 0.280.